The smallest absolute Gasteiger partial charge is 0.142 e. The van der Waals surface area contributed by atoms with Crippen LogP contribution in [0.3, 0.4) is 0 Å². The molecular weight excluding hydrogens is 238 g/mol. The van der Waals surface area contributed by atoms with Gasteiger partial charge in [-0.15, -0.1) is 0 Å². The lowest BCUT2D eigenvalue weighted by molar-refractivity contribution is 0.307. The lowest BCUT2D eigenvalue weighted by Crippen LogP contribution is -1.99. The molecule has 0 bridgehead atoms. The van der Waals surface area contributed by atoms with E-state index in [4.69, 9.17) is 15.2 Å². The van der Waals surface area contributed by atoms with Gasteiger partial charge in [-0.05, 0) is 49.2 Å². The quantitative estimate of drug-likeness (QED) is 0.833. The van der Waals surface area contributed by atoms with Gasteiger partial charge in [0.2, 0.25) is 0 Å². The molecule has 0 saturated heterocycles. The molecule has 0 spiro atoms. The van der Waals surface area contributed by atoms with E-state index in [2.05, 4.69) is 0 Å². The van der Waals surface area contributed by atoms with Crippen molar-refractivity contribution in [2.45, 2.75) is 20.5 Å². The monoisotopic (exact) mass is 257 g/mol. The highest BCUT2D eigenvalue weighted by molar-refractivity contribution is 5.54. The van der Waals surface area contributed by atoms with Crippen molar-refractivity contribution in [2.75, 3.05) is 12.3 Å². The maximum absolute atomic E-state index is 5.90. The van der Waals surface area contributed by atoms with Gasteiger partial charge in [0, 0.05) is 0 Å². The number of benzene rings is 2. The minimum Gasteiger partial charge on any atom is -0.494 e. The van der Waals surface area contributed by atoms with E-state index in [1.54, 1.807) is 0 Å². The zero-order valence-electron chi connectivity index (χ0n) is 11.3. The van der Waals surface area contributed by atoms with Crippen LogP contribution in [0, 0.1) is 6.92 Å². The Balaban J connectivity index is 1.98. The molecule has 0 aromatic heterocycles. The third-order valence-corrected chi connectivity index (χ3v) is 2.79. The maximum atomic E-state index is 5.90. The summed E-state index contributed by atoms with van der Waals surface area (Å²) in [5, 5.41) is 0. The van der Waals surface area contributed by atoms with Crippen LogP contribution in [0.1, 0.15) is 18.1 Å². The normalized spacial score (nSPS) is 10.2. The second-order valence-corrected chi connectivity index (χ2v) is 4.41. The lowest BCUT2D eigenvalue weighted by Gasteiger charge is -2.10. The Morgan fingerprint density at radius 2 is 1.74 bits per heavy atom. The van der Waals surface area contributed by atoms with Crippen LogP contribution in [0.15, 0.2) is 42.5 Å². The molecular formula is C16H19NO2. The number of nitrogen functional groups attached to an aromatic ring is 1. The first-order chi connectivity index (χ1) is 9.19. The van der Waals surface area contributed by atoms with Crippen molar-refractivity contribution < 1.29 is 9.47 Å². The zero-order valence-corrected chi connectivity index (χ0v) is 11.3. The van der Waals surface area contributed by atoms with Gasteiger partial charge in [0.05, 0.1) is 12.3 Å². The van der Waals surface area contributed by atoms with Crippen molar-refractivity contribution in [3.63, 3.8) is 0 Å². The van der Waals surface area contributed by atoms with Crippen LogP contribution in [-0.4, -0.2) is 6.61 Å². The highest BCUT2D eigenvalue weighted by Crippen LogP contribution is 2.23. The molecule has 2 aromatic carbocycles. The Kier molecular flexibility index (Phi) is 4.29. The van der Waals surface area contributed by atoms with E-state index in [1.165, 1.54) is 0 Å². The van der Waals surface area contributed by atoms with Gasteiger partial charge < -0.3 is 15.2 Å². The maximum Gasteiger partial charge on any atom is 0.142 e. The lowest BCUT2D eigenvalue weighted by atomic mass is 10.2. The first-order valence-electron chi connectivity index (χ1n) is 6.39. The second kappa shape index (κ2) is 6.14. The standard InChI is InChI=1S/C16H19NO2/c1-3-18-14-7-5-13(6-8-14)11-19-16-9-4-12(2)10-15(16)17/h4-10H,3,11,17H2,1-2H3. The number of nitrogens with two attached hydrogens (primary N) is 1. The molecule has 0 aliphatic rings. The minimum atomic E-state index is 0.500. The summed E-state index contributed by atoms with van der Waals surface area (Å²) in [5.74, 6) is 1.60. The SMILES string of the molecule is CCOc1ccc(COc2ccc(C)cc2N)cc1. The third-order valence-electron chi connectivity index (χ3n) is 2.79. The molecule has 100 valence electrons. The number of aryl methyl sites for hydroxylation is 1. The van der Waals surface area contributed by atoms with Gasteiger partial charge >= 0.3 is 0 Å². The van der Waals surface area contributed by atoms with E-state index >= 15 is 0 Å². The van der Waals surface area contributed by atoms with Crippen molar-refractivity contribution >= 4 is 5.69 Å². The Hall–Kier alpha value is -2.16. The van der Waals surface area contributed by atoms with Crippen molar-refractivity contribution in [3.8, 4) is 11.5 Å². The summed E-state index contributed by atoms with van der Waals surface area (Å²) in [6.45, 7) is 5.15. The number of anilines is 1. The molecule has 0 fully saturated rings. The highest BCUT2D eigenvalue weighted by atomic mass is 16.5. The van der Waals surface area contributed by atoms with Gasteiger partial charge in [-0.1, -0.05) is 18.2 Å². The molecule has 2 rings (SSSR count). The average molecular weight is 257 g/mol. The van der Waals surface area contributed by atoms with Crippen molar-refractivity contribution in [1.29, 1.82) is 0 Å². The van der Waals surface area contributed by atoms with Crippen LogP contribution in [0.25, 0.3) is 0 Å². The fraction of sp³-hybridized carbons (Fsp3) is 0.250. The molecule has 0 radical (unpaired) electrons. The van der Waals surface area contributed by atoms with Crippen LogP contribution in [0.4, 0.5) is 5.69 Å². The Morgan fingerprint density at radius 1 is 1.00 bits per heavy atom. The van der Waals surface area contributed by atoms with Gasteiger partial charge in [0.15, 0.2) is 0 Å². The molecule has 0 amide bonds. The molecule has 3 nitrogen and oxygen atoms in total. The van der Waals surface area contributed by atoms with Gasteiger partial charge in [-0.3, -0.25) is 0 Å². The molecule has 0 atom stereocenters. The number of ether oxygens (including phenoxy) is 2. The summed E-state index contributed by atoms with van der Waals surface area (Å²) in [7, 11) is 0. The number of hydrogen-bond donors (Lipinski definition) is 1. The molecule has 19 heavy (non-hydrogen) atoms. The van der Waals surface area contributed by atoms with Crippen LogP contribution in [0.5, 0.6) is 11.5 Å². The summed E-state index contributed by atoms with van der Waals surface area (Å²) < 4.78 is 11.1. The van der Waals surface area contributed by atoms with Crippen molar-refractivity contribution in [3.05, 3.63) is 53.6 Å². The zero-order chi connectivity index (χ0) is 13.7. The number of hydrogen-bond acceptors (Lipinski definition) is 3. The molecule has 2 N–H and O–H groups in total. The second-order valence-electron chi connectivity index (χ2n) is 4.41. The number of rotatable bonds is 5. The first kappa shape index (κ1) is 13.3. The van der Waals surface area contributed by atoms with Crippen LogP contribution in [-0.2, 0) is 6.61 Å². The van der Waals surface area contributed by atoms with Gasteiger partial charge in [0.25, 0.3) is 0 Å². The van der Waals surface area contributed by atoms with Gasteiger partial charge in [0.1, 0.15) is 18.1 Å². The summed E-state index contributed by atoms with van der Waals surface area (Å²) in [5.41, 5.74) is 8.79. The molecule has 2 aromatic rings. The largest absolute Gasteiger partial charge is 0.494 e. The topological polar surface area (TPSA) is 44.5 Å². The van der Waals surface area contributed by atoms with E-state index in [0.29, 0.717) is 18.9 Å². The predicted octanol–water partition coefficient (Wildman–Crippen LogP) is 3.55. The van der Waals surface area contributed by atoms with E-state index in [-0.39, 0.29) is 0 Å². The summed E-state index contributed by atoms with van der Waals surface area (Å²) in [6, 6.07) is 13.7. The minimum absolute atomic E-state index is 0.500. The first-order valence-corrected chi connectivity index (χ1v) is 6.39. The van der Waals surface area contributed by atoms with Crippen LogP contribution in [0.2, 0.25) is 0 Å². The molecule has 0 saturated carbocycles. The van der Waals surface area contributed by atoms with E-state index < -0.39 is 0 Å². The van der Waals surface area contributed by atoms with Crippen LogP contribution < -0.4 is 15.2 Å². The van der Waals surface area contributed by atoms with Crippen molar-refractivity contribution in [1.82, 2.24) is 0 Å². The summed E-state index contributed by atoms with van der Waals surface area (Å²) in [4.78, 5) is 0. The van der Waals surface area contributed by atoms with Gasteiger partial charge in [-0.2, -0.15) is 0 Å². The fourth-order valence-electron chi connectivity index (χ4n) is 1.81. The molecule has 3 heteroatoms. The van der Waals surface area contributed by atoms with E-state index in [1.807, 2.05) is 56.3 Å². The van der Waals surface area contributed by atoms with Crippen molar-refractivity contribution in [2.24, 2.45) is 0 Å². The summed E-state index contributed by atoms with van der Waals surface area (Å²) >= 11 is 0. The molecule has 0 unspecified atom stereocenters. The Bertz CT molecular complexity index is 535. The van der Waals surface area contributed by atoms with Gasteiger partial charge in [-0.25, -0.2) is 0 Å². The Morgan fingerprint density at radius 3 is 2.37 bits per heavy atom. The van der Waals surface area contributed by atoms with Crippen LogP contribution >= 0.6 is 0 Å². The highest BCUT2D eigenvalue weighted by Gasteiger charge is 2.01. The van der Waals surface area contributed by atoms with E-state index in [0.717, 1.165) is 22.6 Å². The average Bonchev–Trinajstić information content (AvgIpc) is 2.40. The molecule has 0 aliphatic carbocycles. The fourth-order valence-corrected chi connectivity index (χ4v) is 1.81. The predicted molar refractivity (Wildman–Crippen MR) is 77.5 cm³/mol. The third kappa shape index (κ3) is 3.65. The summed E-state index contributed by atoms with van der Waals surface area (Å²) in [6.07, 6.45) is 0. The Labute approximate surface area is 114 Å². The van der Waals surface area contributed by atoms with E-state index in [9.17, 15) is 0 Å². The molecule has 0 aliphatic heterocycles. The molecule has 0 heterocycles.